The first-order chi connectivity index (χ1) is 14.5. The van der Waals surface area contributed by atoms with E-state index in [2.05, 4.69) is 5.32 Å². The van der Waals surface area contributed by atoms with Gasteiger partial charge in [0.15, 0.2) is 5.54 Å². The second-order valence-corrected chi connectivity index (χ2v) is 7.87. The molecular weight excluding hydrogens is 382 g/mol. The quantitative estimate of drug-likeness (QED) is 0.681. The fourth-order valence-electron chi connectivity index (χ4n) is 4.25. The summed E-state index contributed by atoms with van der Waals surface area (Å²) >= 11 is 0. The second kappa shape index (κ2) is 6.73. The molecule has 1 aromatic heterocycles. The van der Waals surface area contributed by atoms with Gasteiger partial charge in [0.1, 0.15) is 17.9 Å². The molecule has 0 unspecified atom stereocenters. The lowest BCUT2D eigenvalue weighted by Crippen LogP contribution is -2.46. The number of amides is 4. The summed E-state index contributed by atoms with van der Waals surface area (Å²) in [7, 11) is 0. The Hall–Kier alpha value is -3.61. The van der Waals surface area contributed by atoms with Crippen molar-refractivity contribution >= 4 is 34.5 Å². The first kappa shape index (κ1) is 18.4. The molecule has 5 rings (SSSR count). The van der Waals surface area contributed by atoms with Crippen LogP contribution in [0.25, 0.3) is 11.0 Å². The predicted octanol–water partition coefficient (Wildman–Crippen LogP) is 3.18. The molecule has 2 aliphatic rings. The largest absolute Gasteiger partial charge is 0.458 e. The van der Waals surface area contributed by atoms with Crippen LogP contribution in [0.2, 0.25) is 0 Å². The van der Waals surface area contributed by atoms with Crippen LogP contribution in [0.1, 0.15) is 24.7 Å². The molecule has 7 nitrogen and oxygen atoms in total. The number of para-hydroxylation sites is 2. The number of furan rings is 1. The van der Waals surface area contributed by atoms with E-state index in [9.17, 15) is 14.4 Å². The summed E-state index contributed by atoms with van der Waals surface area (Å²) in [5.41, 5.74) is 1.23. The molecular formula is C23H21N3O4. The number of anilines is 1. The summed E-state index contributed by atoms with van der Waals surface area (Å²) in [4.78, 5) is 41.5. The highest BCUT2D eigenvalue weighted by atomic mass is 16.3. The molecule has 7 heteroatoms. The van der Waals surface area contributed by atoms with Gasteiger partial charge in [-0.2, -0.15) is 0 Å². The van der Waals surface area contributed by atoms with Crippen LogP contribution in [0.15, 0.2) is 59.0 Å². The molecule has 2 aliphatic heterocycles. The van der Waals surface area contributed by atoms with Crippen LogP contribution in [0.3, 0.4) is 0 Å². The molecule has 0 bridgehead atoms. The molecule has 0 aliphatic carbocycles. The minimum atomic E-state index is -1.35. The first-order valence-electron chi connectivity index (χ1n) is 9.99. The number of fused-ring (bicyclic) bond motifs is 2. The number of hydrogen-bond donors (Lipinski definition) is 1. The molecule has 4 amide bonds. The Morgan fingerprint density at radius 1 is 1.13 bits per heavy atom. The van der Waals surface area contributed by atoms with Crippen LogP contribution < -0.4 is 10.2 Å². The Morgan fingerprint density at radius 3 is 2.73 bits per heavy atom. The molecule has 0 radical (unpaired) electrons. The zero-order valence-electron chi connectivity index (χ0n) is 16.6. The van der Waals surface area contributed by atoms with Gasteiger partial charge in [0.2, 0.25) is 5.91 Å². The van der Waals surface area contributed by atoms with E-state index >= 15 is 0 Å². The highest BCUT2D eigenvalue weighted by Crippen LogP contribution is 2.33. The van der Waals surface area contributed by atoms with E-state index < -0.39 is 17.5 Å². The van der Waals surface area contributed by atoms with Crippen molar-refractivity contribution in [2.75, 3.05) is 18.0 Å². The summed E-state index contributed by atoms with van der Waals surface area (Å²) in [6.45, 7) is 1.86. The van der Waals surface area contributed by atoms with Crippen LogP contribution in [0, 0.1) is 0 Å². The minimum absolute atomic E-state index is 0.278. The molecule has 1 atom stereocenters. The summed E-state index contributed by atoms with van der Waals surface area (Å²) in [6, 6.07) is 16.3. The van der Waals surface area contributed by atoms with Gasteiger partial charge in [-0.1, -0.05) is 36.4 Å². The van der Waals surface area contributed by atoms with Gasteiger partial charge in [0.05, 0.1) is 0 Å². The van der Waals surface area contributed by atoms with E-state index in [1.807, 2.05) is 42.5 Å². The maximum absolute atomic E-state index is 13.2. The predicted molar refractivity (Wildman–Crippen MR) is 111 cm³/mol. The third kappa shape index (κ3) is 2.77. The number of benzene rings is 2. The maximum atomic E-state index is 13.2. The van der Waals surface area contributed by atoms with E-state index in [4.69, 9.17) is 4.42 Å². The lowest BCUT2D eigenvalue weighted by Gasteiger charge is -2.30. The normalized spacial score (nSPS) is 21.1. The van der Waals surface area contributed by atoms with Gasteiger partial charge in [-0.25, -0.2) is 4.79 Å². The first-order valence-corrected chi connectivity index (χ1v) is 9.99. The van der Waals surface area contributed by atoms with Crippen LogP contribution in [0.4, 0.5) is 10.5 Å². The van der Waals surface area contributed by atoms with E-state index in [1.165, 1.54) is 0 Å². The number of urea groups is 1. The average Bonchev–Trinajstić information content (AvgIpc) is 3.29. The van der Waals surface area contributed by atoms with Crippen molar-refractivity contribution < 1.29 is 18.8 Å². The number of rotatable bonds is 3. The SMILES string of the molecule is C[C@@]1(c2cc3ccccc3o2)NC(=O)N(CC(=O)N2CCCc3ccccc32)C1=O. The Balaban J connectivity index is 1.40. The highest BCUT2D eigenvalue weighted by Gasteiger charge is 2.52. The van der Waals surface area contributed by atoms with Crippen molar-refractivity contribution in [1.82, 2.24) is 10.2 Å². The van der Waals surface area contributed by atoms with Crippen molar-refractivity contribution in [3.63, 3.8) is 0 Å². The minimum Gasteiger partial charge on any atom is -0.458 e. The monoisotopic (exact) mass is 403 g/mol. The number of nitrogens with zero attached hydrogens (tertiary/aromatic N) is 2. The lowest BCUT2D eigenvalue weighted by atomic mass is 9.98. The molecule has 1 saturated heterocycles. The summed E-state index contributed by atoms with van der Waals surface area (Å²) < 4.78 is 5.83. The number of nitrogens with one attached hydrogen (secondary N) is 1. The van der Waals surface area contributed by atoms with Crippen LogP contribution in [0.5, 0.6) is 0 Å². The van der Waals surface area contributed by atoms with Gasteiger partial charge in [-0.05, 0) is 43.5 Å². The Bertz CT molecular complexity index is 1150. The standard InChI is InChI=1S/C23H21N3O4/c1-23(19-13-16-8-3-5-11-18(16)30-19)21(28)26(22(29)24-23)14-20(27)25-12-6-9-15-7-2-4-10-17(15)25/h2-5,7-8,10-11,13H,6,9,12,14H2,1H3,(H,24,29)/t23-/m0/s1. The smallest absolute Gasteiger partial charge is 0.325 e. The fourth-order valence-corrected chi connectivity index (χ4v) is 4.25. The zero-order valence-corrected chi connectivity index (χ0v) is 16.6. The van der Waals surface area contributed by atoms with Crippen molar-refractivity contribution in [2.45, 2.75) is 25.3 Å². The van der Waals surface area contributed by atoms with Gasteiger partial charge < -0.3 is 14.6 Å². The van der Waals surface area contributed by atoms with Crippen molar-refractivity contribution in [1.29, 1.82) is 0 Å². The summed E-state index contributed by atoms with van der Waals surface area (Å²) in [5, 5.41) is 3.55. The van der Waals surface area contributed by atoms with Crippen LogP contribution in [-0.2, 0) is 21.5 Å². The number of carbonyl (C=O) groups is 3. The summed E-state index contributed by atoms with van der Waals surface area (Å²) in [5.74, 6) is -0.426. The highest BCUT2D eigenvalue weighted by molar-refractivity contribution is 6.10. The fraction of sp³-hybridized carbons (Fsp3) is 0.261. The number of imide groups is 1. The zero-order chi connectivity index (χ0) is 20.9. The van der Waals surface area contributed by atoms with Crippen LogP contribution in [-0.4, -0.2) is 35.8 Å². The number of carbonyl (C=O) groups excluding carboxylic acids is 3. The molecule has 1 N–H and O–H groups in total. The third-order valence-electron chi connectivity index (χ3n) is 5.90. The van der Waals surface area contributed by atoms with E-state index in [0.29, 0.717) is 17.9 Å². The second-order valence-electron chi connectivity index (χ2n) is 7.87. The molecule has 152 valence electrons. The Morgan fingerprint density at radius 2 is 1.90 bits per heavy atom. The van der Waals surface area contributed by atoms with Gasteiger partial charge in [-0.3, -0.25) is 14.5 Å². The van der Waals surface area contributed by atoms with Crippen molar-refractivity contribution in [3.8, 4) is 0 Å². The van der Waals surface area contributed by atoms with E-state index in [1.54, 1.807) is 24.0 Å². The molecule has 0 saturated carbocycles. The molecule has 0 spiro atoms. The van der Waals surface area contributed by atoms with E-state index in [0.717, 1.165) is 34.4 Å². The van der Waals surface area contributed by atoms with Crippen molar-refractivity contribution in [2.24, 2.45) is 0 Å². The number of aryl methyl sites for hydroxylation is 1. The third-order valence-corrected chi connectivity index (χ3v) is 5.90. The maximum Gasteiger partial charge on any atom is 0.325 e. The molecule has 3 aromatic rings. The average molecular weight is 403 g/mol. The Kier molecular flexibility index (Phi) is 4.13. The molecule has 1 fully saturated rings. The molecule has 3 heterocycles. The summed E-state index contributed by atoms with van der Waals surface area (Å²) in [6.07, 6.45) is 1.76. The van der Waals surface area contributed by atoms with Crippen LogP contribution >= 0.6 is 0 Å². The Labute approximate surface area is 173 Å². The van der Waals surface area contributed by atoms with Gasteiger partial charge in [0.25, 0.3) is 5.91 Å². The molecule has 2 aromatic carbocycles. The topological polar surface area (TPSA) is 82.9 Å². The molecule has 30 heavy (non-hydrogen) atoms. The van der Waals surface area contributed by atoms with Gasteiger partial charge >= 0.3 is 6.03 Å². The van der Waals surface area contributed by atoms with E-state index in [-0.39, 0.29) is 12.5 Å². The number of hydrogen-bond acceptors (Lipinski definition) is 4. The van der Waals surface area contributed by atoms with Crippen molar-refractivity contribution in [3.05, 3.63) is 65.9 Å². The lowest BCUT2D eigenvalue weighted by molar-refractivity contribution is -0.134. The van der Waals surface area contributed by atoms with Gasteiger partial charge in [-0.15, -0.1) is 0 Å². The van der Waals surface area contributed by atoms with Gasteiger partial charge in [0, 0.05) is 17.6 Å².